The Labute approximate surface area is 172 Å². The molecule has 1 aromatic rings. The zero-order valence-electron chi connectivity index (χ0n) is 18.3. The van der Waals surface area contributed by atoms with Crippen molar-refractivity contribution in [3.05, 3.63) is 29.3 Å². The molecule has 0 amide bonds. The number of fused-ring (bicyclic) bond motifs is 5. The molecule has 4 rings (SSSR count). The van der Waals surface area contributed by atoms with Gasteiger partial charge in [-0.15, -0.1) is 0 Å². The van der Waals surface area contributed by atoms with Gasteiger partial charge in [-0.25, -0.2) is 0 Å². The third-order valence-corrected chi connectivity index (χ3v) is 8.76. The normalized spacial score (nSPS) is 35.0. The predicted molar refractivity (Wildman–Crippen MR) is 116 cm³/mol. The first-order chi connectivity index (χ1) is 13.6. The van der Waals surface area contributed by atoms with Crippen molar-refractivity contribution in [1.82, 2.24) is 0 Å². The molecule has 156 valence electrons. The average Bonchev–Trinajstić information content (AvgIpc) is 3.07. The van der Waals surface area contributed by atoms with E-state index in [0.717, 1.165) is 36.5 Å². The molecule has 1 N–H and O–H groups in total. The summed E-state index contributed by atoms with van der Waals surface area (Å²) in [5, 5.41) is 9.77. The molecule has 2 nitrogen and oxygen atoms in total. The van der Waals surface area contributed by atoms with E-state index in [-0.39, 0.29) is 0 Å². The van der Waals surface area contributed by atoms with Crippen LogP contribution in [0.3, 0.4) is 0 Å². The quantitative estimate of drug-likeness (QED) is 0.555. The molecule has 2 fully saturated rings. The summed E-state index contributed by atoms with van der Waals surface area (Å²) < 4.78 is 6.02. The third kappa shape index (κ3) is 3.51. The van der Waals surface area contributed by atoms with Gasteiger partial charge in [0.1, 0.15) is 5.75 Å². The zero-order chi connectivity index (χ0) is 19.7. The molecular formula is C26H40O2. The summed E-state index contributed by atoms with van der Waals surface area (Å²) in [5.41, 5.74) is 3.62. The van der Waals surface area contributed by atoms with E-state index in [4.69, 9.17) is 4.74 Å². The molecule has 0 aliphatic heterocycles. The first kappa shape index (κ1) is 20.3. The van der Waals surface area contributed by atoms with Gasteiger partial charge in [0.05, 0.1) is 6.61 Å². The predicted octanol–water partition coefficient (Wildman–Crippen LogP) is 6.36. The molecular weight excluding hydrogens is 344 g/mol. The lowest BCUT2D eigenvalue weighted by atomic mass is 9.53. The Morgan fingerprint density at radius 2 is 2.04 bits per heavy atom. The summed E-state index contributed by atoms with van der Waals surface area (Å²) in [6.45, 7) is 8.26. The van der Waals surface area contributed by atoms with Gasteiger partial charge in [0.2, 0.25) is 0 Å². The van der Waals surface area contributed by atoms with Gasteiger partial charge < -0.3 is 9.84 Å². The maximum absolute atomic E-state index is 9.77. The van der Waals surface area contributed by atoms with E-state index in [1.807, 2.05) is 0 Å². The molecule has 0 radical (unpaired) electrons. The van der Waals surface area contributed by atoms with Crippen LogP contribution in [0.25, 0.3) is 0 Å². The van der Waals surface area contributed by atoms with Crippen LogP contribution in [0.15, 0.2) is 18.2 Å². The van der Waals surface area contributed by atoms with Crippen molar-refractivity contribution in [3.8, 4) is 5.75 Å². The molecule has 1 aromatic carbocycles. The van der Waals surface area contributed by atoms with Crippen LogP contribution in [0.5, 0.6) is 5.75 Å². The highest BCUT2D eigenvalue weighted by Gasteiger charge is 2.55. The number of aryl methyl sites for hydroxylation is 1. The first-order valence-electron chi connectivity index (χ1n) is 11.9. The van der Waals surface area contributed by atoms with E-state index in [2.05, 4.69) is 39.0 Å². The fourth-order valence-electron chi connectivity index (χ4n) is 7.29. The highest BCUT2D eigenvalue weighted by atomic mass is 16.5. The molecule has 0 heterocycles. The van der Waals surface area contributed by atoms with E-state index in [0.29, 0.717) is 23.9 Å². The Morgan fingerprint density at radius 1 is 1.18 bits per heavy atom. The number of benzene rings is 1. The van der Waals surface area contributed by atoms with Crippen molar-refractivity contribution in [3.63, 3.8) is 0 Å². The lowest BCUT2D eigenvalue weighted by molar-refractivity contribution is 0.00156. The minimum atomic E-state index is 0.352. The van der Waals surface area contributed by atoms with Crippen molar-refractivity contribution >= 4 is 0 Å². The number of aliphatic hydroxyl groups is 1. The number of hydrogen-bond donors (Lipinski definition) is 1. The molecule has 28 heavy (non-hydrogen) atoms. The summed E-state index contributed by atoms with van der Waals surface area (Å²) in [6, 6.07) is 6.97. The second-order valence-electron chi connectivity index (χ2n) is 10.2. The average molecular weight is 385 g/mol. The molecule has 0 saturated heterocycles. The summed E-state index contributed by atoms with van der Waals surface area (Å²) in [6.07, 6.45) is 11.6. The van der Waals surface area contributed by atoms with Crippen molar-refractivity contribution in [2.24, 2.45) is 29.1 Å². The van der Waals surface area contributed by atoms with Crippen LogP contribution >= 0.6 is 0 Å². The standard InChI is InChI=1S/C26H40O2/c1-4-5-6-15-28-20-8-10-21-19(16-20)7-9-23-22(21)13-14-26(3)24(18(2)17-27)11-12-25(23)26/h8,10,16,18,22-25,27H,4-7,9,11-15,17H2,1-3H3/t18?,22-,23-,24-,25+,26-/m1/s1. The van der Waals surface area contributed by atoms with E-state index in [1.54, 1.807) is 11.1 Å². The second-order valence-corrected chi connectivity index (χ2v) is 10.2. The largest absolute Gasteiger partial charge is 0.494 e. The van der Waals surface area contributed by atoms with Gasteiger partial charge in [-0.2, -0.15) is 0 Å². The van der Waals surface area contributed by atoms with Crippen LogP contribution in [-0.2, 0) is 6.42 Å². The van der Waals surface area contributed by atoms with E-state index >= 15 is 0 Å². The molecule has 0 bridgehead atoms. The van der Waals surface area contributed by atoms with Gasteiger partial charge in [0, 0.05) is 6.61 Å². The fourth-order valence-corrected chi connectivity index (χ4v) is 7.29. The third-order valence-electron chi connectivity index (χ3n) is 8.76. The van der Waals surface area contributed by atoms with E-state index in [1.165, 1.54) is 51.4 Å². The molecule has 3 aliphatic carbocycles. The van der Waals surface area contributed by atoms with E-state index < -0.39 is 0 Å². The van der Waals surface area contributed by atoms with Crippen molar-refractivity contribution in [1.29, 1.82) is 0 Å². The van der Waals surface area contributed by atoms with E-state index in [9.17, 15) is 5.11 Å². The second kappa shape index (κ2) is 8.38. The van der Waals surface area contributed by atoms with Gasteiger partial charge in [0.25, 0.3) is 0 Å². The Balaban J connectivity index is 1.48. The van der Waals surface area contributed by atoms with Crippen LogP contribution in [0.4, 0.5) is 0 Å². The molecule has 1 unspecified atom stereocenters. The van der Waals surface area contributed by atoms with Crippen LogP contribution < -0.4 is 4.74 Å². The highest BCUT2D eigenvalue weighted by molar-refractivity contribution is 5.40. The van der Waals surface area contributed by atoms with Crippen LogP contribution in [0, 0.1) is 29.1 Å². The topological polar surface area (TPSA) is 29.5 Å². The zero-order valence-corrected chi connectivity index (χ0v) is 18.3. The van der Waals surface area contributed by atoms with Gasteiger partial charge in [0.15, 0.2) is 0 Å². The minimum absolute atomic E-state index is 0.352. The Hall–Kier alpha value is -1.02. The number of unbranched alkanes of at least 4 members (excludes halogenated alkanes) is 2. The summed E-state index contributed by atoms with van der Waals surface area (Å²) >= 11 is 0. The summed E-state index contributed by atoms with van der Waals surface area (Å²) in [4.78, 5) is 0. The van der Waals surface area contributed by atoms with Gasteiger partial charge in [-0.3, -0.25) is 0 Å². The van der Waals surface area contributed by atoms with Crippen LogP contribution in [0.1, 0.15) is 89.2 Å². The maximum Gasteiger partial charge on any atom is 0.119 e. The first-order valence-corrected chi connectivity index (χ1v) is 11.9. The molecule has 6 atom stereocenters. The number of aliphatic hydroxyl groups excluding tert-OH is 1. The minimum Gasteiger partial charge on any atom is -0.494 e. The van der Waals surface area contributed by atoms with Crippen molar-refractivity contribution < 1.29 is 9.84 Å². The number of ether oxygens (including phenoxy) is 1. The SMILES string of the molecule is CCCCCOc1ccc2c(c1)CC[C@@H]1[C@@H]2CC[C@]2(C)[C@@H](C(C)CO)CC[C@@H]12. The molecule has 3 aliphatic rings. The van der Waals surface area contributed by atoms with Crippen LogP contribution in [0.2, 0.25) is 0 Å². The Morgan fingerprint density at radius 3 is 2.82 bits per heavy atom. The van der Waals surface area contributed by atoms with Crippen molar-refractivity contribution in [2.45, 2.75) is 84.5 Å². The van der Waals surface area contributed by atoms with Gasteiger partial charge in [-0.1, -0.05) is 39.7 Å². The lowest BCUT2D eigenvalue weighted by Crippen LogP contribution is -2.43. The number of hydrogen-bond acceptors (Lipinski definition) is 2. The fraction of sp³-hybridized carbons (Fsp3) is 0.769. The highest BCUT2D eigenvalue weighted by Crippen LogP contribution is 2.64. The van der Waals surface area contributed by atoms with Crippen molar-refractivity contribution in [2.75, 3.05) is 13.2 Å². The summed E-state index contributed by atoms with van der Waals surface area (Å²) in [7, 11) is 0. The molecule has 0 spiro atoms. The smallest absolute Gasteiger partial charge is 0.119 e. The lowest BCUT2D eigenvalue weighted by Gasteiger charge is -2.52. The molecule has 0 aromatic heterocycles. The van der Waals surface area contributed by atoms with Gasteiger partial charge >= 0.3 is 0 Å². The summed E-state index contributed by atoms with van der Waals surface area (Å²) in [5.74, 6) is 4.69. The van der Waals surface area contributed by atoms with Crippen LogP contribution in [-0.4, -0.2) is 18.3 Å². The molecule has 2 saturated carbocycles. The Bertz CT molecular complexity index is 668. The Kier molecular flexibility index (Phi) is 6.06. The molecule has 2 heteroatoms. The number of rotatable bonds is 7. The maximum atomic E-state index is 9.77. The van der Waals surface area contributed by atoms with Gasteiger partial charge in [-0.05, 0) is 103 Å². The monoisotopic (exact) mass is 384 g/mol.